The highest BCUT2D eigenvalue weighted by Gasteiger charge is 2.30. The standard InChI is InChI=1S/C16H26N2/c1-11(2)18-10-12(3)13(4)15-8-7-14-6-5-9-17-16(14)15/h5-6,9,11-13,15,18H,7-8,10H2,1-4H3. The second-order valence-electron chi connectivity index (χ2n) is 6.09. The van der Waals surface area contributed by atoms with Gasteiger partial charge in [-0.15, -0.1) is 0 Å². The van der Waals surface area contributed by atoms with Crippen molar-refractivity contribution in [1.29, 1.82) is 0 Å². The third kappa shape index (κ3) is 2.92. The summed E-state index contributed by atoms with van der Waals surface area (Å²) in [4.78, 5) is 4.62. The number of rotatable bonds is 5. The summed E-state index contributed by atoms with van der Waals surface area (Å²) >= 11 is 0. The third-order valence-electron chi connectivity index (χ3n) is 4.38. The van der Waals surface area contributed by atoms with Gasteiger partial charge in [0.15, 0.2) is 0 Å². The molecule has 0 fully saturated rings. The largest absolute Gasteiger partial charge is 0.314 e. The van der Waals surface area contributed by atoms with E-state index in [-0.39, 0.29) is 0 Å². The summed E-state index contributed by atoms with van der Waals surface area (Å²) < 4.78 is 0. The molecule has 1 aromatic heterocycles. The van der Waals surface area contributed by atoms with E-state index in [0.717, 1.165) is 6.54 Å². The highest BCUT2D eigenvalue weighted by molar-refractivity contribution is 5.29. The average Bonchev–Trinajstić information content (AvgIpc) is 2.78. The van der Waals surface area contributed by atoms with Gasteiger partial charge in [0.1, 0.15) is 0 Å². The number of nitrogens with one attached hydrogen (secondary N) is 1. The molecule has 0 spiro atoms. The molecule has 3 unspecified atom stereocenters. The smallest absolute Gasteiger partial charge is 0.0469 e. The SMILES string of the molecule is CC(C)NCC(C)C(C)C1CCc2cccnc21. The van der Waals surface area contributed by atoms with Gasteiger partial charge in [-0.05, 0) is 42.9 Å². The molecule has 1 N–H and O–H groups in total. The number of fused-ring (bicyclic) bond motifs is 1. The lowest BCUT2D eigenvalue weighted by Crippen LogP contribution is -2.32. The highest BCUT2D eigenvalue weighted by atomic mass is 14.9. The Labute approximate surface area is 111 Å². The van der Waals surface area contributed by atoms with Crippen LogP contribution in [0.4, 0.5) is 0 Å². The predicted molar refractivity (Wildman–Crippen MR) is 76.8 cm³/mol. The number of aromatic nitrogens is 1. The number of nitrogens with zero attached hydrogens (tertiary/aromatic N) is 1. The molecule has 0 saturated heterocycles. The molecule has 0 aromatic carbocycles. The van der Waals surface area contributed by atoms with E-state index >= 15 is 0 Å². The fourth-order valence-corrected chi connectivity index (χ4v) is 2.96. The molecule has 2 rings (SSSR count). The van der Waals surface area contributed by atoms with Gasteiger partial charge in [0.25, 0.3) is 0 Å². The van der Waals surface area contributed by atoms with Crippen LogP contribution >= 0.6 is 0 Å². The van der Waals surface area contributed by atoms with Crippen molar-refractivity contribution in [2.75, 3.05) is 6.54 Å². The van der Waals surface area contributed by atoms with Gasteiger partial charge in [0, 0.05) is 23.9 Å². The molecule has 0 bridgehead atoms. The van der Waals surface area contributed by atoms with Gasteiger partial charge >= 0.3 is 0 Å². The summed E-state index contributed by atoms with van der Waals surface area (Å²) in [5.74, 6) is 2.06. The normalized spacial score (nSPS) is 21.9. The molecule has 0 saturated carbocycles. The van der Waals surface area contributed by atoms with Crippen molar-refractivity contribution < 1.29 is 0 Å². The average molecular weight is 246 g/mol. The first-order valence-corrected chi connectivity index (χ1v) is 7.26. The molecule has 2 nitrogen and oxygen atoms in total. The highest BCUT2D eigenvalue weighted by Crippen LogP contribution is 2.39. The summed E-state index contributed by atoms with van der Waals surface area (Å²) in [6.45, 7) is 10.3. The molecule has 0 radical (unpaired) electrons. The van der Waals surface area contributed by atoms with Crippen molar-refractivity contribution in [3.05, 3.63) is 29.6 Å². The Kier molecular flexibility index (Phi) is 4.39. The van der Waals surface area contributed by atoms with Crippen molar-refractivity contribution in [3.8, 4) is 0 Å². The van der Waals surface area contributed by atoms with Crippen molar-refractivity contribution in [2.45, 2.75) is 52.5 Å². The molecule has 3 atom stereocenters. The first kappa shape index (κ1) is 13.5. The van der Waals surface area contributed by atoms with Crippen molar-refractivity contribution in [3.63, 3.8) is 0 Å². The molecule has 100 valence electrons. The van der Waals surface area contributed by atoms with Crippen LogP contribution in [0.1, 0.15) is 51.3 Å². The van der Waals surface area contributed by atoms with Crippen LogP contribution in [0.3, 0.4) is 0 Å². The molecule has 18 heavy (non-hydrogen) atoms. The van der Waals surface area contributed by atoms with Gasteiger partial charge < -0.3 is 5.32 Å². The molecule has 1 aliphatic rings. The molecule has 2 heteroatoms. The number of hydrogen-bond donors (Lipinski definition) is 1. The first-order valence-electron chi connectivity index (χ1n) is 7.26. The van der Waals surface area contributed by atoms with Crippen LogP contribution in [-0.4, -0.2) is 17.6 Å². The number of hydrogen-bond acceptors (Lipinski definition) is 2. The topological polar surface area (TPSA) is 24.9 Å². The van der Waals surface area contributed by atoms with Crippen molar-refractivity contribution >= 4 is 0 Å². The van der Waals surface area contributed by atoms with E-state index in [2.05, 4.69) is 50.1 Å². The zero-order valence-corrected chi connectivity index (χ0v) is 12.1. The van der Waals surface area contributed by atoms with Gasteiger partial charge in [-0.25, -0.2) is 0 Å². The fourth-order valence-electron chi connectivity index (χ4n) is 2.96. The monoisotopic (exact) mass is 246 g/mol. The lowest BCUT2D eigenvalue weighted by Gasteiger charge is -2.27. The Morgan fingerprint density at radius 1 is 1.33 bits per heavy atom. The van der Waals surface area contributed by atoms with Crippen molar-refractivity contribution in [2.24, 2.45) is 11.8 Å². The van der Waals surface area contributed by atoms with E-state index in [0.29, 0.717) is 23.8 Å². The summed E-state index contributed by atoms with van der Waals surface area (Å²) in [7, 11) is 0. The molecule has 0 aliphatic heterocycles. The molecule has 1 aliphatic carbocycles. The second kappa shape index (κ2) is 5.83. The zero-order valence-electron chi connectivity index (χ0n) is 12.1. The molecular formula is C16H26N2. The van der Waals surface area contributed by atoms with Gasteiger partial charge in [-0.1, -0.05) is 33.8 Å². The van der Waals surface area contributed by atoms with Crippen LogP contribution in [-0.2, 0) is 6.42 Å². The van der Waals surface area contributed by atoms with Gasteiger partial charge in [0.2, 0.25) is 0 Å². The maximum atomic E-state index is 4.62. The summed E-state index contributed by atoms with van der Waals surface area (Å²) in [6.07, 6.45) is 4.43. The van der Waals surface area contributed by atoms with E-state index < -0.39 is 0 Å². The van der Waals surface area contributed by atoms with Crippen LogP contribution in [0.2, 0.25) is 0 Å². The number of pyridine rings is 1. The summed E-state index contributed by atoms with van der Waals surface area (Å²) in [5, 5.41) is 3.55. The Balaban J connectivity index is 2.00. The lowest BCUT2D eigenvalue weighted by atomic mass is 9.82. The van der Waals surface area contributed by atoms with Crippen LogP contribution in [0.25, 0.3) is 0 Å². The van der Waals surface area contributed by atoms with E-state index in [4.69, 9.17) is 0 Å². The summed E-state index contributed by atoms with van der Waals surface area (Å²) in [6, 6.07) is 4.88. The minimum absolute atomic E-state index is 0.577. The number of aryl methyl sites for hydroxylation is 1. The van der Waals surface area contributed by atoms with Crippen LogP contribution in [0, 0.1) is 11.8 Å². The van der Waals surface area contributed by atoms with E-state index in [9.17, 15) is 0 Å². The minimum Gasteiger partial charge on any atom is -0.314 e. The Morgan fingerprint density at radius 2 is 2.11 bits per heavy atom. The second-order valence-corrected chi connectivity index (χ2v) is 6.09. The Bertz CT molecular complexity index is 386. The maximum absolute atomic E-state index is 4.62. The first-order chi connectivity index (χ1) is 8.59. The van der Waals surface area contributed by atoms with E-state index in [1.807, 2.05) is 6.20 Å². The Morgan fingerprint density at radius 3 is 2.83 bits per heavy atom. The predicted octanol–water partition coefficient (Wildman–Crippen LogP) is 3.38. The third-order valence-corrected chi connectivity index (χ3v) is 4.38. The molecule has 1 heterocycles. The zero-order chi connectivity index (χ0) is 13.1. The Hall–Kier alpha value is -0.890. The molecule has 0 amide bonds. The lowest BCUT2D eigenvalue weighted by molar-refractivity contribution is 0.302. The van der Waals surface area contributed by atoms with Crippen LogP contribution in [0.15, 0.2) is 18.3 Å². The minimum atomic E-state index is 0.577. The van der Waals surface area contributed by atoms with Crippen LogP contribution < -0.4 is 5.32 Å². The van der Waals surface area contributed by atoms with Gasteiger partial charge in [-0.2, -0.15) is 0 Å². The van der Waals surface area contributed by atoms with Crippen LogP contribution in [0.5, 0.6) is 0 Å². The maximum Gasteiger partial charge on any atom is 0.0469 e. The molecule has 1 aromatic rings. The van der Waals surface area contributed by atoms with Crippen molar-refractivity contribution in [1.82, 2.24) is 10.3 Å². The summed E-state index contributed by atoms with van der Waals surface area (Å²) in [5.41, 5.74) is 2.83. The van der Waals surface area contributed by atoms with E-state index in [1.54, 1.807) is 0 Å². The quantitative estimate of drug-likeness (QED) is 0.861. The van der Waals surface area contributed by atoms with E-state index in [1.165, 1.54) is 24.1 Å². The fraction of sp³-hybridized carbons (Fsp3) is 0.688. The van der Waals surface area contributed by atoms with Gasteiger partial charge in [-0.3, -0.25) is 4.98 Å². The van der Waals surface area contributed by atoms with Gasteiger partial charge in [0.05, 0.1) is 0 Å². The molecular weight excluding hydrogens is 220 g/mol.